The second kappa shape index (κ2) is 8.76. The fourth-order valence-corrected chi connectivity index (χ4v) is 3.39. The Balaban J connectivity index is 0.000000481. The molecule has 1 aromatic heterocycles. The first-order valence-corrected chi connectivity index (χ1v) is 9.94. The molecule has 0 spiro atoms. The third kappa shape index (κ3) is 5.23. The van der Waals surface area contributed by atoms with Crippen molar-refractivity contribution in [2.75, 3.05) is 23.3 Å². The van der Waals surface area contributed by atoms with Gasteiger partial charge in [-0.3, -0.25) is 4.68 Å². The predicted molar refractivity (Wildman–Crippen MR) is 112 cm³/mol. The SMILES string of the molecule is CC(C)O.N=Cc1cc(Cl)c(N2CCCC2)cc1Nc1cnn(C2CC2)c1. The van der Waals surface area contributed by atoms with E-state index in [9.17, 15) is 0 Å². The zero-order chi connectivity index (χ0) is 19.4. The number of anilines is 3. The zero-order valence-corrected chi connectivity index (χ0v) is 16.7. The highest BCUT2D eigenvalue weighted by molar-refractivity contribution is 6.33. The number of aliphatic hydroxyl groups excluding tert-OH is 1. The molecule has 0 atom stereocenters. The van der Waals surface area contributed by atoms with Crippen LogP contribution in [0.5, 0.6) is 0 Å². The molecule has 0 amide bonds. The van der Waals surface area contributed by atoms with Crippen LogP contribution in [0.4, 0.5) is 17.1 Å². The van der Waals surface area contributed by atoms with E-state index in [1.165, 1.54) is 31.9 Å². The largest absolute Gasteiger partial charge is 0.394 e. The smallest absolute Gasteiger partial charge is 0.0770 e. The van der Waals surface area contributed by atoms with Crippen molar-refractivity contribution in [3.8, 4) is 0 Å². The molecule has 7 heteroatoms. The third-order valence-corrected chi connectivity index (χ3v) is 4.83. The molecule has 1 saturated heterocycles. The molecule has 0 radical (unpaired) electrons. The van der Waals surface area contributed by atoms with Gasteiger partial charge in [0.15, 0.2) is 0 Å². The summed E-state index contributed by atoms with van der Waals surface area (Å²) in [6, 6.07) is 4.50. The Labute approximate surface area is 165 Å². The van der Waals surface area contributed by atoms with Crippen LogP contribution in [0, 0.1) is 5.41 Å². The van der Waals surface area contributed by atoms with Crippen LogP contribution in [-0.4, -0.2) is 40.3 Å². The van der Waals surface area contributed by atoms with E-state index in [1.54, 1.807) is 13.8 Å². The normalized spacial score (nSPS) is 16.3. The molecule has 27 heavy (non-hydrogen) atoms. The molecule has 1 aromatic carbocycles. The topological polar surface area (TPSA) is 77.2 Å². The number of aromatic nitrogens is 2. The summed E-state index contributed by atoms with van der Waals surface area (Å²) in [5.41, 5.74) is 3.69. The number of benzene rings is 1. The molecular weight excluding hydrogens is 362 g/mol. The van der Waals surface area contributed by atoms with Crippen molar-refractivity contribution in [3.05, 3.63) is 35.1 Å². The maximum atomic E-state index is 8.06. The highest BCUT2D eigenvalue weighted by Crippen LogP contribution is 2.37. The molecule has 1 saturated carbocycles. The Bertz CT molecular complexity index is 776. The maximum absolute atomic E-state index is 8.06. The van der Waals surface area contributed by atoms with Crippen LogP contribution in [0.2, 0.25) is 5.02 Å². The van der Waals surface area contributed by atoms with Crippen LogP contribution < -0.4 is 10.2 Å². The van der Waals surface area contributed by atoms with Crippen LogP contribution in [0.1, 0.15) is 51.1 Å². The monoisotopic (exact) mass is 389 g/mol. The Morgan fingerprint density at radius 3 is 2.56 bits per heavy atom. The van der Waals surface area contributed by atoms with Crippen molar-refractivity contribution < 1.29 is 5.11 Å². The Hall–Kier alpha value is -2.05. The van der Waals surface area contributed by atoms with E-state index in [4.69, 9.17) is 22.1 Å². The van der Waals surface area contributed by atoms with Gasteiger partial charge in [0.05, 0.1) is 28.6 Å². The lowest BCUT2D eigenvalue weighted by atomic mass is 10.1. The molecule has 0 bridgehead atoms. The summed E-state index contributed by atoms with van der Waals surface area (Å²) in [5, 5.41) is 24.2. The number of halogens is 1. The van der Waals surface area contributed by atoms with Crippen LogP contribution in [0.15, 0.2) is 24.5 Å². The zero-order valence-electron chi connectivity index (χ0n) is 16.0. The molecule has 2 heterocycles. The highest BCUT2D eigenvalue weighted by atomic mass is 35.5. The first kappa shape index (κ1) is 19.7. The van der Waals surface area contributed by atoms with Gasteiger partial charge in [-0.05, 0) is 51.7 Å². The minimum atomic E-state index is -0.167. The van der Waals surface area contributed by atoms with Gasteiger partial charge in [0.1, 0.15) is 0 Å². The van der Waals surface area contributed by atoms with Crippen molar-refractivity contribution in [2.24, 2.45) is 0 Å². The average Bonchev–Trinajstić information content (AvgIpc) is 3.13. The number of hydrogen-bond donors (Lipinski definition) is 3. The lowest BCUT2D eigenvalue weighted by molar-refractivity contribution is 0.216. The van der Waals surface area contributed by atoms with Gasteiger partial charge in [-0.15, -0.1) is 0 Å². The fourth-order valence-electron chi connectivity index (χ4n) is 3.10. The van der Waals surface area contributed by atoms with Gasteiger partial charge >= 0.3 is 0 Å². The number of hydrogen-bond acceptors (Lipinski definition) is 5. The van der Waals surface area contributed by atoms with Crippen LogP contribution in [0.3, 0.4) is 0 Å². The van der Waals surface area contributed by atoms with Gasteiger partial charge in [0.2, 0.25) is 0 Å². The maximum Gasteiger partial charge on any atom is 0.0770 e. The Morgan fingerprint density at radius 1 is 1.30 bits per heavy atom. The molecule has 6 nitrogen and oxygen atoms in total. The van der Waals surface area contributed by atoms with Crippen LogP contribution >= 0.6 is 11.6 Å². The van der Waals surface area contributed by atoms with Gasteiger partial charge in [0, 0.05) is 42.9 Å². The molecule has 1 aliphatic carbocycles. The molecule has 2 fully saturated rings. The molecule has 1 aliphatic heterocycles. The van der Waals surface area contributed by atoms with Gasteiger partial charge in [0.25, 0.3) is 0 Å². The standard InChI is InChI=1S/C17H20ClN5.C3H8O/c18-15-7-12(9-19)16(8-17(15)22-5-1-2-6-22)21-13-10-20-23(11-13)14-3-4-14;1-3(2)4/h7-11,14,19,21H,1-6H2;3-4H,1-2H3. The van der Waals surface area contributed by atoms with E-state index in [2.05, 4.69) is 21.4 Å². The lowest BCUT2D eigenvalue weighted by Crippen LogP contribution is -2.18. The number of aliphatic hydroxyl groups is 1. The van der Waals surface area contributed by atoms with Gasteiger partial charge in [-0.25, -0.2) is 0 Å². The van der Waals surface area contributed by atoms with E-state index in [0.29, 0.717) is 11.1 Å². The second-order valence-corrected chi connectivity index (χ2v) is 7.80. The highest BCUT2D eigenvalue weighted by Gasteiger charge is 2.24. The summed E-state index contributed by atoms with van der Waals surface area (Å²) >= 11 is 6.43. The second-order valence-electron chi connectivity index (χ2n) is 7.39. The number of nitrogens with one attached hydrogen (secondary N) is 2. The third-order valence-electron chi connectivity index (χ3n) is 4.52. The lowest BCUT2D eigenvalue weighted by Gasteiger charge is -2.21. The van der Waals surface area contributed by atoms with Crippen LogP contribution in [0.25, 0.3) is 0 Å². The molecule has 2 aliphatic rings. The summed E-state index contributed by atoms with van der Waals surface area (Å²) in [7, 11) is 0. The first-order chi connectivity index (χ1) is 13.0. The van der Waals surface area contributed by atoms with E-state index in [-0.39, 0.29) is 6.10 Å². The van der Waals surface area contributed by atoms with Crippen molar-refractivity contribution >= 4 is 34.9 Å². The van der Waals surface area contributed by atoms with Crippen molar-refractivity contribution in [1.82, 2.24) is 9.78 Å². The molecule has 3 N–H and O–H groups in total. The number of nitrogens with zero attached hydrogens (tertiary/aromatic N) is 3. The Kier molecular flexibility index (Phi) is 6.39. The molecule has 146 valence electrons. The number of rotatable bonds is 5. The van der Waals surface area contributed by atoms with Crippen molar-refractivity contribution in [2.45, 2.75) is 51.7 Å². The molecule has 2 aromatic rings. The summed E-state index contributed by atoms with van der Waals surface area (Å²) in [4.78, 5) is 2.31. The van der Waals surface area contributed by atoms with Gasteiger partial charge in [-0.2, -0.15) is 5.10 Å². The predicted octanol–water partition coefficient (Wildman–Crippen LogP) is 4.60. The Morgan fingerprint density at radius 2 is 1.96 bits per heavy atom. The summed E-state index contributed by atoms with van der Waals surface area (Å²) in [5.74, 6) is 0. The summed E-state index contributed by atoms with van der Waals surface area (Å²) in [6.45, 7) is 5.53. The summed E-state index contributed by atoms with van der Waals surface area (Å²) in [6.07, 6.45) is 9.90. The van der Waals surface area contributed by atoms with Gasteiger partial charge in [-0.1, -0.05) is 11.6 Å². The van der Waals surface area contributed by atoms with E-state index < -0.39 is 0 Å². The van der Waals surface area contributed by atoms with Crippen molar-refractivity contribution in [1.29, 1.82) is 5.41 Å². The quantitative estimate of drug-likeness (QED) is 0.653. The molecule has 0 unspecified atom stereocenters. The fraction of sp³-hybridized carbons (Fsp3) is 0.500. The van der Waals surface area contributed by atoms with E-state index >= 15 is 0 Å². The van der Waals surface area contributed by atoms with Crippen molar-refractivity contribution in [3.63, 3.8) is 0 Å². The summed E-state index contributed by atoms with van der Waals surface area (Å²) < 4.78 is 2.02. The van der Waals surface area contributed by atoms with Crippen LogP contribution in [-0.2, 0) is 0 Å². The van der Waals surface area contributed by atoms with E-state index in [1.807, 2.05) is 23.1 Å². The van der Waals surface area contributed by atoms with Gasteiger partial charge < -0.3 is 20.7 Å². The minimum absolute atomic E-state index is 0.167. The molecule has 4 rings (SSSR count). The average molecular weight is 390 g/mol. The molecular formula is C20H28ClN5O. The minimum Gasteiger partial charge on any atom is -0.394 e. The van der Waals surface area contributed by atoms with E-state index in [0.717, 1.165) is 35.7 Å². The first-order valence-electron chi connectivity index (χ1n) is 9.56.